The van der Waals surface area contributed by atoms with E-state index in [9.17, 15) is 18.4 Å². The maximum atomic E-state index is 14.8. The molecule has 4 rings (SSSR count). The van der Waals surface area contributed by atoms with Crippen molar-refractivity contribution in [3.05, 3.63) is 47.2 Å². The van der Waals surface area contributed by atoms with Crippen molar-refractivity contribution < 1.29 is 23.1 Å². The molecule has 8 nitrogen and oxygen atoms in total. The Morgan fingerprint density at radius 3 is 2.57 bits per heavy atom. The molecule has 2 atom stereocenters. The minimum atomic E-state index is -0.743. The fourth-order valence-corrected chi connectivity index (χ4v) is 4.54. The maximum Gasteiger partial charge on any atom is 0.416 e. The summed E-state index contributed by atoms with van der Waals surface area (Å²) in [5.41, 5.74) is 0.561. The van der Waals surface area contributed by atoms with Gasteiger partial charge in [-0.2, -0.15) is 4.98 Å². The van der Waals surface area contributed by atoms with Crippen LogP contribution in [0.2, 0.25) is 0 Å². The molecule has 2 aromatic rings. The summed E-state index contributed by atoms with van der Waals surface area (Å²) in [5, 5.41) is 5.94. The number of nitrogens with zero attached hydrogens (tertiary/aromatic N) is 3. The molecule has 35 heavy (non-hydrogen) atoms. The number of hydrogen-bond acceptors (Lipinski definition) is 6. The number of carbonyl (C=O) groups is 2. The normalized spacial score (nSPS) is 19.5. The summed E-state index contributed by atoms with van der Waals surface area (Å²) in [6, 6.07) is 3.70. The molecule has 188 valence electrons. The van der Waals surface area contributed by atoms with Gasteiger partial charge < -0.3 is 15.4 Å². The summed E-state index contributed by atoms with van der Waals surface area (Å²) >= 11 is 0. The second kappa shape index (κ2) is 10.5. The molecule has 1 saturated carbocycles. The molecule has 2 amide bonds. The molecule has 2 aliphatic rings. The molecule has 0 unspecified atom stereocenters. The van der Waals surface area contributed by atoms with Gasteiger partial charge in [0.25, 0.3) is 5.91 Å². The predicted octanol–water partition coefficient (Wildman–Crippen LogP) is 4.97. The molecule has 1 aromatic heterocycles. The zero-order valence-corrected chi connectivity index (χ0v) is 20.2. The van der Waals surface area contributed by atoms with Gasteiger partial charge in [0.2, 0.25) is 5.95 Å². The van der Waals surface area contributed by atoms with Crippen molar-refractivity contribution in [1.82, 2.24) is 15.3 Å². The lowest BCUT2D eigenvalue weighted by atomic mass is 9.95. The average molecular weight is 488 g/mol. The molecule has 10 heteroatoms. The van der Waals surface area contributed by atoms with Crippen LogP contribution in [0.1, 0.15) is 74.8 Å². The lowest BCUT2D eigenvalue weighted by Crippen LogP contribution is -2.38. The largest absolute Gasteiger partial charge is 0.447 e. The van der Waals surface area contributed by atoms with E-state index in [1.54, 1.807) is 13.0 Å². The molecule has 0 bridgehead atoms. The van der Waals surface area contributed by atoms with Crippen LogP contribution in [0, 0.1) is 17.6 Å². The van der Waals surface area contributed by atoms with Crippen LogP contribution in [0.3, 0.4) is 0 Å². The quantitative estimate of drug-likeness (QED) is 0.572. The Kier molecular flexibility index (Phi) is 7.47. The van der Waals surface area contributed by atoms with E-state index < -0.39 is 29.7 Å². The van der Waals surface area contributed by atoms with Crippen molar-refractivity contribution in [3.8, 4) is 0 Å². The van der Waals surface area contributed by atoms with Gasteiger partial charge >= 0.3 is 6.09 Å². The molecule has 1 aliphatic heterocycles. The van der Waals surface area contributed by atoms with Crippen molar-refractivity contribution in [3.63, 3.8) is 0 Å². The third kappa shape index (κ3) is 5.52. The van der Waals surface area contributed by atoms with Crippen LogP contribution < -0.4 is 15.5 Å². The van der Waals surface area contributed by atoms with Gasteiger partial charge in [-0.05, 0) is 43.4 Å². The Labute approximate surface area is 203 Å². The van der Waals surface area contributed by atoms with E-state index in [1.165, 1.54) is 23.5 Å². The summed E-state index contributed by atoms with van der Waals surface area (Å²) in [6.45, 7) is 5.74. The minimum Gasteiger partial charge on any atom is -0.447 e. The third-order valence-corrected chi connectivity index (χ3v) is 6.65. The van der Waals surface area contributed by atoms with Crippen LogP contribution in [0.25, 0.3) is 0 Å². The SMILES string of the molecule is CC(C)[C@H]1COC(=O)N1c1nc(N[C@@H](C)c2ccc(C(=O)NC3CCCCC3)c(F)c2)ncc1F. The number of carbonyl (C=O) groups excluding carboxylic acids is 2. The number of aromatic nitrogens is 2. The molecule has 2 fully saturated rings. The third-order valence-electron chi connectivity index (χ3n) is 6.65. The van der Waals surface area contributed by atoms with Crippen molar-refractivity contribution in [2.75, 3.05) is 16.8 Å². The number of cyclic esters (lactones) is 1. The Morgan fingerprint density at radius 1 is 1.14 bits per heavy atom. The van der Waals surface area contributed by atoms with E-state index in [0.29, 0.717) is 5.56 Å². The van der Waals surface area contributed by atoms with Crippen LogP contribution in [0.15, 0.2) is 24.4 Å². The van der Waals surface area contributed by atoms with Gasteiger partial charge in [-0.3, -0.25) is 9.69 Å². The van der Waals surface area contributed by atoms with Gasteiger partial charge in [-0.25, -0.2) is 18.6 Å². The Morgan fingerprint density at radius 2 is 1.89 bits per heavy atom. The summed E-state index contributed by atoms with van der Waals surface area (Å²) in [5.74, 6) is -1.84. The van der Waals surface area contributed by atoms with Crippen LogP contribution in [-0.4, -0.2) is 40.7 Å². The number of anilines is 2. The fraction of sp³-hybridized carbons (Fsp3) is 0.520. The van der Waals surface area contributed by atoms with Crippen molar-refractivity contribution in [2.45, 2.75) is 71.0 Å². The summed E-state index contributed by atoms with van der Waals surface area (Å²) in [4.78, 5) is 34.1. The molecule has 2 heterocycles. The molecule has 2 N–H and O–H groups in total. The van der Waals surface area contributed by atoms with Gasteiger partial charge in [-0.15, -0.1) is 0 Å². The summed E-state index contributed by atoms with van der Waals surface area (Å²) in [6.07, 6.45) is 5.46. The molecule has 1 saturated heterocycles. The number of rotatable bonds is 7. The number of halogens is 2. The van der Waals surface area contributed by atoms with E-state index in [2.05, 4.69) is 20.6 Å². The smallest absolute Gasteiger partial charge is 0.416 e. The topological polar surface area (TPSA) is 96.5 Å². The van der Waals surface area contributed by atoms with Crippen LogP contribution in [0.4, 0.5) is 25.3 Å². The Balaban J connectivity index is 1.47. The van der Waals surface area contributed by atoms with Gasteiger partial charge in [-0.1, -0.05) is 39.2 Å². The van der Waals surface area contributed by atoms with Gasteiger partial charge in [0.15, 0.2) is 11.6 Å². The minimum absolute atomic E-state index is 0.000819. The second-order valence-corrected chi connectivity index (χ2v) is 9.54. The monoisotopic (exact) mass is 487 g/mol. The van der Waals surface area contributed by atoms with Crippen molar-refractivity contribution >= 4 is 23.8 Å². The van der Waals surface area contributed by atoms with E-state index in [0.717, 1.165) is 31.9 Å². The Hall–Kier alpha value is -3.30. The highest BCUT2D eigenvalue weighted by molar-refractivity contribution is 5.94. The highest BCUT2D eigenvalue weighted by atomic mass is 19.1. The summed E-state index contributed by atoms with van der Waals surface area (Å²) < 4.78 is 34.4. The first-order valence-corrected chi connectivity index (χ1v) is 12.1. The number of amides is 2. The van der Waals surface area contributed by atoms with Crippen LogP contribution in [0.5, 0.6) is 0 Å². The number of benzene rings is 1. The molecular formula is C25H31F2N5O3. The first-order chi connectivity index (χ1) is 16.7. The van der Waals surface area contributed by atoms with Crippen molar-refractivity contribution in [2.24, 2.45) is 5.92 Å². The highest BCUT2D eigenvalue weighted by Crippen LogP contribution is 2.29. The molecule has 0 radical (unpaired) electrons. The molecule has 1 aromatic carbocycles. The van der Waals surface area contributed by atoms with Gasteiger partial charge in [0.1, 0.15) is 12.4 Å². The Bertz CT molecular complexity index is 1090. The first kappa shape index (κ1) is 24.8. The zero-order valence-electron chi connectivity index (χ0n) is 20.2. The maximum absolute atomic E-state index is 14.8. The molecule has 1 aliphatic carbocycles. The predicted molar refractivity (Wildman–Crippen MR) is 127 cm³/mol. The second-order valence-electron chi connectivity index (χ2n) is 9.54. The zero-order chi connectivity index (χ0) is 25.1. The summed E-state index contributed by atoms with van der Waals surface area (Å²) in [7, 11) is 0. The average Bonchev–Trinajstić information content (AvgIpc) is 3.22. The van der Waals surface area contributed by atoms with E-state index in [4.69, 9.17) is 4.74 Å². The lowest BCUT2D eigenvalue weighted by molar-refractivity contribution is 0.0923. The number of hydrogen-bond donors (Lipinski definition) is 2. The lowest BCUT2D eigenvalue weighted by Gasteiger charge is -2.24. The van der Waals surface area contributed by atoms with Crippen LogP contribution in [-0.2, 0) is 4.74 Å². The molecular weight excluding hydrogens is 456 g/mol. The number of nitrogens with one attached hydrogen (secondary N) is 2. The first-order valence-electron chi connectivity index (χ1n) is 12.1. The van der Waals surface area contributed by atoms with Crippen LogP contribution >= 0.6 is 0 Å². The van der Waals surface area contributed by atoms with Gasteiger partial charge in [0, 0.05) is 6.04 Å². The fourth-order valence-electron chi connectivity index (χ4n) is 4.54. The van der Waals surface area contributed by atoms with E-state index in [-0.39, 0.29) is 41.9 Å². The van der Waals surface area contributed by atoms with Crippen molar-refractivity contribution in [1.29, 1.82) is 0 Å². The van der Waals surface area contributed by atoms with E-state index in [1.807, 2.05) is 13.8 Å². The number of ether oxygens (including phenoxy) is 1. The standard InChI is InChI=1S/C25H31F2N5O3/c1-14(2)21-13-35-25(34)32(21)22-20(27)12-28-24(31-22)29-15(3)16-9-10-18(19(26)11-16)23(33)30-17-7-5-4-6-8-17/h9-12,14-15,17,21H,4-8,13H2,1-3H3,(H,30,33)(H,28,29,31)/t15-,21+/m0/s1. The van der Waals surface area contributed by atoms with Gasteiger partial charge in [0.05, 0.1) is 23.8 Å². The highest BCUT2D eigenvalue weighted by Gasteiger charge is 2.39. The van der Waals surface area contributed by atoms with E-state index >= 15 is 0 Å². The molecule has 0 spiro atoms.